The second-order valence-corrected chi connectivity index (χ2v) is 1.67. The molecule has 0 saturated heterocycles. The van der Waals surface area contributed by atoms with Crippen molar-refractivity contribution in [2.75, 3.05) is 0 Å². The van der Waals surface area contributed by atoms with E-state index in [9.17, 15) is 4.79 Å². The average molecular weight is 130 g/mol. The first-order valence-corrected chi connectivity index (χ1v) is 2.53. The van der Waals surface area contributed by atoms with Crippen LogP contribution in [0.4, 0.5) is 0 Å². The number of rotatable bonds is 2. The number of hydrogen-bond donors (Lipinski definition) is 0. The molecular weight excluding hydrogens is 123 g/mol. The first-order valence-electron chi connectivity index (χ1n) is 1.79. The predicted molar refractivity (Wildman–Crippen MR) is 20.0 cm³/mol. The first kappa shape index (κ1) is 6.18. The van der Waals surface area contributed by atoms with E-state index in [1.54, 1.807) is 0 Å². The Morgan fingerprint density at radius 2 is 2.50 bits per heavy atom. The number of aldehydes is 1. The zero-order chi connectivity index (χ0) is 4.99. The minimum atomic E-state index is 0.116. The molecule has 0 aliphatic carbocycles. The molecule has 0 radical (unpaired) electrons. The van der Waals surface area contributed by atoms with Crippen molar-refractivity contribution >= 4 is 6.29 Å². The molecule has 0 aromatic rings. The van der Waals surface area contributed by atoms with E-state index in [0.29, 0.717) is 5.36 Å². The standard InChI is InChI=1S/C4H7O.Co/c1-4(2)3-5;/h3-4H,1H2,2H3;. The Bertz CT molecular complexity index is 44.8. The van der Waals surface area contributed by atoms with Crippen LogP contribution in [0.2, 0.25) is 5.36 Å². The van der Waals surface area contributed by atoms with E-state index in [2.05, 4.69) is 15.7 Å². The van der Waals surface area contributed by atoms with E-state index >= 15 is 0 Å². The molecule has 1 atom stereocenters. The Morgan fingerprint density at radius 1 is 2.00 bits per heavy atom. The maximum atomic E-state index is 9.69. The Labute approximate surface area is 45.7 Å². The summed E-state index contributed by atoms with van der Waals surface area (Å²) in [6.45, 7) is 1.83. The van der Waals surface area contributed by atoms with Gasteiger partial charge in [0.15, 0.2) is 0 Å². The summed E-state index contributed by atoms with van der Waals surface area (Å²) in [5, 5.41) is 0.649. The monoisotopic (exact) mass is 130 g/mol. The topological polar surface area (TPSA) is 17.1 Å². The maximum absolute atomic E-state index is 9.69. The van der Waals surface area contributed by atoms with Gasteiger partial charge in [-0.2, -0.15) is 0 Å². The van der Waals surface area contributed by atoms with Crippen LogP contribution >= 0.6 is 0 Å². The van der Waals surface area contributed by atoms with Crippen molar-refractivity contribution < 1.29 is 20.5 Å². The third-order valence-electron chi connectivity index (χ3n) is 0.447. The van der Waals surface area contributed by atoms with E-state index in [4.69, 9.17) is 0 Å². The van der Waals surface area contributed by atoms with Gasteiger partial charge >= 0.3 is 45.0 Å². The Balaban J connectivity index is 2.96. The second kappa shape index (κ2) is 3.37. The molecule has 0 aliphatic rings. The van der Waals surface area contributed by atoms with Gasteiger partial charge in [-0.1, -0.05) is 0 Å². The van der Waals surface area contributed by atoms with Crippen LogP contribution in [0, 0.1) is 5.92 Å². The summed E-state index contributed by atoms with van der Waals surface area (Å²) in [5.74, 6) is 0.116. The van der Waals surface area contributed by atoms with Gasteiger partial charge in [-0.25, -0.2) is 0 Å². The van der Waals surface area contributed by atoms with Gasteiger partial charge in [0.2, 0.25) is 0 Å². The molecule has 0 aromatic carbocycles. The molecule has 6 heavy (non-hydrogen) atoms. The van der Waals surface area contributed by atoms with Gasteiger partial charge < -0.3 is 0 Å². The molecule has 2 heteroatoms. The summed E-state index contributed by atoms with van der Waals surface area (Å²) in [4.78, 5) is 9.69. The van der Waals surface area contributed by atoms with Crippen LogP contribution in [0.25, 0.3) is 0 Å². The minimum absolute atomic E-state index is 0.116. The van der Waals surface area contributed by atoms with E-state index in [1.165, 1.54) is 0 Å². The Hall–Kier alpha value is 0.176. The quantitative estimate of drug-likeness (QED) is 0.505. The molecule has 0 heterocycles. The van der Waals surface area contributed by atoms with Gasteiger partial charge in [-0.15, -0.1) is 0 Å². The van der Waals surface area contributed by atoms with Crippen LogP contribution in [0.1, 0.15) is 6.92 Å². The summed E-state index contributed by atoms with van der Waals surface area (Å²) in [6.07, 6.45) is 0.894. The normalized spacial score (nSPS) is 13.8. The van der Waals surface area contributed by atoms with E-state index in [1.807, 2.05) is 6.92 Å². The molecule has 0 aromatic heterocycles. The molecule has 0 spiro atoms. The Morgan fingerprint density at radius 3 is 2.50 bits per heavy atom. The SMILES string of the molecule is CC(C=O)[CH2][Co]. The van der Waals surface area contributed by atoms with Crippen molar-refractivity contribution in [2.45, 2.75) is 12.3 Å². The van der Waals surface area contributed by atoms with Crippen molar-refractivity contribution in [2.24, 2.45) is 5.92 Å². The third kappa shape index (κ3) is 2.42. The molecule has 0 N–H and O–H groups in total. The second-order valence-electron chi connectivity index (χ2n) is 1.25. The molecule has 1 nitrogen and oxygen atoms in total. The number of hydrogen-bond acceptors (Lipinski definition) is 1. The zero-order valence-corrected chi connectivity index (χ0v) is 4.64. The molecule has 38 valence electrons. The first-order chi connectivity index (χ1) is 2.81. The van der Waals surface area contributed by atoms with Gasteiger partial charge in [-0.3, -0.25) is 0 Å². The zero-order valence-electron chi connectivity index (χ0n) is 3.60. The van der Waals surface area contributed by atoms with Crippen molar-refractivity contribution in [3.05, 3.63) is 0 Å². The summed E-state index contributed by atoms with van der Waals surface area (Å²) in [5.41, 5.74) is 0. The molecule has 0 amide bonds. The molecule has 0 saturated carbocycles. The predicted octanol–water partition coefficient (Wildman–Crippen LogP) is 0.786. The van der Waals surface area contributed by atoms with Gasteiger partial charge in [0.25, 0.3) is 0 Å². The van der Waals surface area contributed by atoms with Gasteiger partial charge in [0.05, 0.1) is 0 Å². The van der Waals surface area contributed by atoms with E-state index in [-0.39, 0.29) is 5.92 Å². The fourth-order valence-electron chi connectivity index (χ4n) is 0.0321. The van der Waals surface area contributed by atoms with Gasteiger partial charge in [-0.05, 0) is 0 Å². The van der Waals surface area contributed by atoms with Gasteiger partial charge in [0, 0.05) is 0 Å². The van der Waals surface area contributed by atoms with Crippen molar-refractivity contribution in [3.63, 3.8) is 0 Å². The van der Waals surface area contributed by atoms with Crippen LogP contribution in [0.5, 0.6) is 0 Å². The number of carbonyl (C=O) groups is 1. The molecule has 1 unspecified atom stereocenters. The summed E-state index contributed by atoms with van der Waals surface area (Å²) in [6, 6.07) is 0. The summed E-state index contributed by atoms with van der Waals surface area (Å²) >= 11 is 3.91. The summed E-state index contributed by atoms with van der Waals surface area (Å²) < 4.78 is 0. The molecule has 0 fully saturated rings. The third-order valence-corrected chi connectivity index (χ3v) is 1.12. The van der Waals surface area contributed by atoms with Gasteiger partial charge in [0.1, 0.15) is 0 Å². The van der Waals surface area contributed by atoms with Crippen LogP contribution < -0.4 is 0 Å². The number of carbonyl (C=O) groups excluding carboxylic acids is 1. The average Bonchev–Trinajstić information content (AvgIpc) is 1.65. The summed E-state index contributed by atoms with van der Waals surface area (Å²) in [7, 11) is 0. The molecule has 0 rings (SSSR count). The van der Waals surface area contributed by atoms with Crippen molar-refractivity contribution in [1.29, 1.82) is 0 Å². The van der Waals surface area contributed by atoms with Crippen LogP contribution in [0.15, 0.2) is 0 Å². The van der Waals surface area contributed by atoms with Crippen molar-refractivity contribution in [1.82, 2.24) is 0 Å². The molecular formula is C4H7CoO. The van der Waals surface area contributed by atoms with Crippen LogP contribution in [-0.4, -0.2) is 6.29 Å². The fraction of sp³-hybridized carbons (Fsp3) is 0.750. The van der Waals surface area contributed by atoms with Crippen LogP contribution in [-0.2, 0) is 20.5 Å². The van der Waals surface area contributed by atoms with Crippen molar-refractivity contribution in [3.8, 4) is 0 Å². The van der Waals surface area contributed by atoms with E-state index in [0.717, 1.165) is 6.29 Å². The molecule has 0 aliphatic heterocycles. The fourth-order valence-corrected chi connectivity index (χ4v) is 0.132. The van der Waals surface area contributed by atoms with Crippen LogP contribution in [0.3, 0.4) is 0 Å². The Kier molecular flexibility index (Phi) is 3.47. The van der Waals surface area contributed by atoms with E-state index < -0.39 is 0 Å². The molecule has 0 bridgehead atoms.